The normalized spacial score (nSPS) is 22.5. The minimum atomic E-state index is 0.232. The first kappa shape index (κ1) is 16.3. The van der Waals surface area contributed by atoms with Crippen molar-refractivity contribution in [2.24, 2.45) is 11.7 Å². The first-order valence-electron chi connectivity index (χ1n) is 7.54. The molecule has 1 fully saturated rings. The van der Waals surface area contributed by atoms with Crippen LogP contribution in [0.4, 0.5) is 0 Å². The van der Waals surface area contributed by atoms with E-state index in [-0.39, 0.29) is 6.04 Å². The van der Waals surface area contributed by atoms with Crippen molar-refractivity contribution in [1.29, 1.82) is 0 Å². The Morgan fingerprint density at radius 3 is 2.90 bits per heavy atom. The highest BCUT2D eigenvalue weighted by atomic mass is 79.9. The lowest BCUT2D eigenvalue weighted by Crippen LogP contribution is -2.34. The Hall–Kier alpha value is -0.0900. The number of likely N-dealkylation sites (tertiary alicyclic amines) is 1. The summed E-state index contributed by atoms with van der Waals surface area (Å²) in [5.74, 6) is 0.872. The Morgan fingerprint density at radius 2 is 2.20 bits per heavy atom. The zero-order valence-electron chi connectivity index (χ0n) is 12.1. The van der Waals surface area contributed by atoms with E-state index < -0.39 is 0 Å². The monoisotopic (exact) mass is 358 g/mol. The van der Waals surface area contributed by atoms with E-state index >= 15 is 0 Å². The van der Waals surface area contributed by atoms with Crippen LogP contribution in [-0.4, -0.2) is 24.5 Å². The van der Waals surface area contributed by atoms with Crippen LogP contribution in [0.3, 0.4) is 0 Å². The maximum Gasteiger partial charge on any atom is 0.0485 e. The molecule has 112 valence electrons. The average molecular weight is 360 g/mol. The van der Waals surface area contributed by atoms with E-state index in [1.807, 2.05) is 12.1 Å². The van der Waals surface area contributed by atoms with Gasteiger partial charge in [0.05, 0.1) is 0 Å². The van der Waals surface area contributed by atoms with Gasteiger partial charge in [-0.1, -0.05) is 40.9 Å². The van der Waals surface area contributed by atoms with Gasteiger partial charge in [0.15, 0.2) is 0 Å². The predicted molar refractivity (Wildman–Crippen MR) is 90.2 cm³/mol. The molecule has 0 bridgehead atoms. The number of benzene rings is 1. The van der Waals surface area contributed by atoms with Crippen LogP contribution in [0.15, 0.2) is 22.7 Å². The van der Waals surface area contributed by atoms with Crippen molar-refractivity contribution in [3.63, 3.8) is 0 Å². The molecule has 0 spiro atoms. The molecule has 0 amide bonds. The van der Waals surface area contributed by atoms with Crippen LogP contribution in [0.5, 0.6) is 0 Å². The lowest BCUT2D eigenvalue weighted by molar-refractivity contribution is 0.207. The van der Waals surface area contributed by atoms with Gasteiger partial charge in [0, 0.05) is 22.1 Å². The second-order valence-electron chi connectivity index (χ2n) is 5.66. The van der Waals surface area contributed by atoms with Gasteiger partial charge in [-0.25, -0.2) is 0 Å². The summed E-state index contributed by atoms with van der Waals surface area (Å²) in [6.07, 6.45) is 5.18. The third kappa shape index (κ3) is 3.97. The Balaban J connectivity index is 2.17. The van der Waals surface area contributed by atoms with E-state index in [9.17, 15) is 0 Å². The van der Waals surface area contributed by atoms with Gasteiger partial charge in [0.25, 0.3) is 0 Å². The van der Waals surface area contributed by atoms with E-state index in [1.54, 1.807) is 0 Å². The van der Waals surface area contributed by atoms with Gasteiger partial charge < -0.3 is 5.73 Å². The third-order valence-corrected chi connectivity index (χ3v) is 5.28. The molecule has 1 aromatic carbocycles. The Kier molecular flexibility index (Phi) is 6.34. The smallest absolute Gasteiger partial charge is 0.0485 e. The van der Waals surface area contributed by atoms with Gasteiger partial charge in [0.1, 0.15) is 0 Å². The zero-order valence-corrected chi connectivity index (χ0v) is 14.5. The molecule has 1 saturated heterocycles. The number of hydrogen-bond acceptors (Lipinski definition) is 2. The summed E-state index contributed by atoms with van der Waals surface area (Å²) < 4.78 is 1.07. The van der Waals surface area contributed by atoms with Crippen LogP contribution >= 0.6 is 27.5 Å². The molecule has 2 atom stereocenters. The number of nitrogens with zero attached hydrogens (tertiary/aromatic N) is 1. The van der Waals surface area contributed by atoms with Crippen LogP contribution in [0, 0.1) is 5.92 Å². The minimum absolute atomic E-state index is 0.232. The summed E-state index contributed by atoms with van der Waals surface area (Å²) in [6, 6.07) is 6.28. The molecule has 1 heterocycles. The minimum Gasteiger partial charge on any atom is -0.329 e. The van der Waals surface area contributed by atoms with Crippen molar-refractivity contribution < 1.29 is 0 Å². The van der Waals surface area contributed by atoms with Crippen molar-refractivity contribution in [2.45, 2.75) is 38.6 Å². The molecule has 0 saturated carbocycles. The van der Waals surface area contributed by atoms with Gasteiger partial charge in [-0.15, -0.1) is 0 Å². The Bertz CT molecular complexity index is 438. The number of hydrogen-bond donors (Lipinski definition) is 1. The topological polar surface area (TPSA) is 29.3 Å². The number of rotatable bonds is 4. The number of halogens is 2. The third-order valence-electron chi connectivity index (χ3n) is 4.44. The maximum atomic E-state index is 6.38. The SMILES string of the molecule is CCC1CCCN(C(CN)c2cc(Br)ccc2Cl)CC1. The first-order valence-corrected chi connectivity index (χ1v) is 8.71. The van der Waals surface area contributed by atoms with Gasteiger partial charge in [-0.2, -0.15) is 0 Å². The molecular weight excluding hydrogens is 336 g/mol. The molecule has 1 aliphatic rings. The lowest BCUT2D eigenvalue weighted by Gasteiger charge is -2.31. The second-order valence-corrected chi connectivity index (χ2v) is 6.98. The van der Waals surface area contributed by atoms with Gasteiger partial charge in [0.2, 0.25) is 0 Å². The van der Waals surface area contributed by atoms with Crippen LogP contribution < -0.4 is 5.73 Å². The number of nitrogens with two attached hydrogens (primary N) is 1. The van der Waals surface area contributed by atoms with E-state index in [0.29, 0.717) is 6.54 Å². The fourth-order valence-corrected chi connectivity index (χ4v) is 3.77. The summed E-state index contributed by atoms with van der Waals surface area (Å²) in [5, 5.41) is 0.819. The summed E-state index contributed by atoms with van der Waals surface area (Å²) in [6.45, 7) is 5.17. The van der Waals surface area contributed by atoms with Crippen molar-refractivity contribution in [2.75, 3.05) is 19.6 Å². The molecule has 1 aliphatic heterocycles. The van der Waals surface area contributed by atoms with Crippen molar-refractivity contribution in [3.8, 4) is 0 Å². The van der Waals surface area contributed by atoms with Crippen LogP contribution in [0.1, 0.15) is 44.2 Å². The van der Waals surface area contributed by atoms with E-state index in [2.05, 4.69) is 33.8 Å². The van der Waals surface area contributed by atoms with Crippen molar-refractivity contribution in [1.82, 2.24) is 4.90 Å². The molecule has 0 aromatic heterocycles. The molecule has 0 radical (unpaired) electrons. The Morgan fingerprint density at radius 1 is 1.40 bits per heavy atom. The molecule has 0 aliphatic carbocycles. The molecule has 2 rings (SSSR count). The lowest BCUT2D eigenvalue weighted by atomic mass is 9.98. The highest BCUT2D eigenvalue weighted by Gasteiger charge is 2.24. The summed E-state index contributed by atoms with van der Waals surface area (Å²) in [7, 11) is 0. The van der Waals surface area contributed by atoms with Crippen LogP contribution in [-0.2, 0) is 0 Å². The van der Waals surface area contributed by atoms with Crippen LogP contribution in [0.2, 0.25) is 5.02 Å². The molecule has 4 heteroatoms. The van der Waals surface area contributed by atoms with Gasteiger partial charge >= 0.3 is 0 Å². The summed E-state index contributed by atoms with van der Waals surface area (Å²) in [4.78, 5) is 2.52. The zero-order chi connectivity index (χ0) is 14.5. The van der Waals surface area contributed by atoms with Crippen molar-refractivity contribution >= 4 is 27.5 Å². The summed E-state index contributed by atoms with van der Waals surface area (Å²) in [5.41, 5.74) is 7.21. The largest absolute Gasteiger partial charge is 0.329 e. The molecule has 1 aromatic rings. The fourth-order valence-electron chi connectivity index (χ4n) is 3.15. The highest BCUT2D eigenvalue weighted by molar-refractivity contribution is 9.10. The first-order chi connectivity index (χ1) is 9.65. The maximum absolute atomic E-state index is 6.38. The quantitative estimate of drug-likeness (QED) is 0.850. The predicted octanol–water partition coefficient (Wildman–Crippen LogP) is 4.61. The van der Waals surface area contributed by atoms with Crippen molar-refractivity contribution in [3.05, 3.63) is 33.3 Å². The van der Waals surface area contributed by atoms with Gasteiger partial charge in [-0.05, 0) is 62.0 Å². The molecule has 20 heavy (non-hydrogen) atoms. The second kappa shape index (κ2) is 7.79. The molecule has 2 nitrogen and oxygen atoms in total. The molecule has 2 N–H and O–H groups in total. The van der Waals surface area contributed by atoms with E-state index in [1.165, 1.54) is 25.7 Å². The van der Waals surface area contributed by atoms with Crippen LogP contribution in [0.25, 0.3) is 0 Å². The molecular formula is C16H24BrClN2. The average Bonchev–Trinajstić information content (AvgIpc) is 2.69. The fraction of sp³-hybridized carbons (Fsp3) is 0.625. The Labute approximate surface area is 135 Å². The van der Waals surface area contributed by atoms with E-state index in [4.69, 9.17) is 17.3 Å². The molecule has 2 unspecified atom stereocenters. The highest BCUT2D eigenvalue weighted by Crippen LogP contribution is 2.32. The van der Waals surface area contributed by atoms with Gasteiger partial charge in [-0.3, -0.25) is 4.90 Å². The summed E-state index contributed by atoms with van der Waals surface area (Å²) >= 11 is 9.92. The van der Waals surface area contributed by atoms with E-state index in [0.717, 1.165) is 34.1 Å². The standard InChI is InChI=1S/C16H24BrClN2/c1-2-12-4-3-8-20(9-7-12)16(11-19)14-10-13(17)5-6-15(14)18/h5-6,10,12,16H,2-4,7-9,11,19H2,1H3.